The highest BCUT2D eigenvalue weighted by Crippen LogP contribution is 2.25. The standard InChI is InChI=1S/C15H11BrN2O/c1-10(19)11-6-7-15-13(8-11)17-9-18(15)14-5-3-2-4-12(14)16/h2-9H,1H3. The smallest absolute Gasteiger partial charge is 0.159 e. The second kappa shape index (κ2) is 4.63. The normalized spacial score (nSPS) is 10.8. The zero-order valence-electron chi connectivity index (χ0n) is 10.3. The predicted octanol–water partition coefficient (Wildman–Crippen LogP) is 3.99. The molecule has 0 bridgehead atoms. The summed E-state index contributed by atoms with van der Waals surface area (Å²) >= 11 is 3.54. The highest BCUT2D eigenvalue weighted by Gasteiger charge is 2.09. The third-order valence-corrected chi connectivity index (χ3v) is 3.74. The van der Waals surface area contributed by atoms with Crippen molar-refractivity contribution in [2.75, 3.05) is 0 Å². The van der Waals surface area contributed by atoms with Gasteiger partial charge in [0.2, 0.25) is 0 Å². The van der Waals surface area contributed by atoms with Crippen molar-refractivity contribution in [2.45, 2.75) is 6.92 Å². The number of fused-ring (bicyclic) bond motifs is 1. The second-order valence-corrected chi connectivity index (χ2v) is 5.18. The Labute approximate surface area is 119 Å². The molecule has 0 N–H and O–H groups in total. The molecule has 4 heteroatoms. The first-order chi connectivity index (χ1) is 9.16. The van der Waals surface area contributed by atoms with Crippen molar-refractivity contribution >= 4 is 32.7 Å². The van der Waals surface area contributed by atoms with Crippen molar-refractivity contribution in [3.8, 4) is 5.69 Å². The van der Waals surface area contributed by atoms with Crippen LogP contribution in [0.5, 0.6) is 0 Å². The van der Waals surface area contributed by atoms with Crippen LogP contribution < -0.4 is 0 Å². The van der Waals surface area contributed by atoms with E-state index in [2.05, 4.69) is 20.9 Å². The maximum absolute atomic E-state index is 11.4. The fraction of sp³-hybridized carbons (Fsp3) is 0.0667. The number of benzene rings is 2. The minimum Gasteiger partial charge on any atom is -0.298 e. The molecule has 3 rings (SSSR count). The molecule has 3 nitrogen and oxygen atoms in total. The summed E-state index contributed by atoms with van der Waals surface area (Å²) in [4.78, 5) is 15.7. The first-order valence-electron chi connectivity index (χ1n) is 5.90. The second-order valence-electron chi connectivity index (χ2n) is 4.33. The maximum Gasteiger partial charge on any atom is 0.159 e. The molecule has 19 heavy (non-hydrogen) atoms. The number of ketones is 1. The molecule has 0 aliphatic rings. The van der Waals surface area contributed by atoms with Gasteiger partial charge in [-0.3, -0.25) is 9.36 Å². The summed E-state index contributed by atoms with van der Waals surface area (Å²) in [5.41, 5.74) is 3.52. The SMILES string of the molecule is CC(=O)c1ccc2c(c1)ncn2-c1ccccc1Br. The fourth-order valence-electron chi connectivity index (χ4n) is 2.07. The molecule has 0 atom stereocenters. The molecule has 0 aliphatic carbocycles. The van der Waals surface area contributed by atoms with Crippen LogP contribution in [0.4, 0.5) is 0 Å². The number of carbonyl (C=O) groups is 1. The van der Waals surface area contributed by atoms with Crippen LogP contribution in [-0.2, 0) is 0 Å². The van der Waals surface area contributed by atoms with Crippen LogP contribution in [0.1, 0.15) is 17.3 Å². The quantitative estimate of drug-likeness (QED) is 0.670. The van der Waals surface area contributed by atoms with Crippen LogP contribution in [0, 0.1) is 0 Å². The summed E-state index contributed by atoms with van der Waals surface area (Å²) in [6.07, 6.45) is 1.77. The molecule has 0 saturated heterocycles. The van der Waals surface area contributed by atoms with Crippen LogP contribution >= 0.6 is 15.9 Å². The first-order valence-corrected chi connectivity index (χ1v) is 6.69. The lowest BCUT2D eigenvalue weighted by atomic mass is 10.1. The van der Waals surface area contributed by atoms with Crippen LogP contribution in [0.25, 0.3) is 16.7 Å². The Morgan fingerprint density at radius 1 is 1.21 bits per heavy atom. The van der Waals surface area contributed by atoms with E-state index in [4.69, 9.17) is 0 Å². The molecule has 1 aromatic heterocycles. The monoisotopic (exact) mass is 314 g/mol. The Kier molecular flexibility index (Phi) is 2.95. The van der Waals surface area contributed by atoms with Crippen molar-refractivity contribution < 1.29 is 4.79 Å². The minimum absolute atomic E-state index is 0.0531. The van der Waals surface area contributed by atoms with Crippen molar-refractivity contribution in [1.29, 1.82) is 0 Å². The van der Waals surface area contributed by atoms with Gasteiger partial charge in [-0.05, 0) is 53.2 Å². The van der Waals surface area contributed by atoms with E-state index in [0.717, 1.165) is 21.2 Å². The van der Waals surface area contributed by atoms with Crippen LogP contribution in [0.15, 0.2) is 53.3 Å². The highest BCUT2D eigenvalue weighted by atomic mass is 79.9. The average Bonchev–Trinajstić information content (AvgIpc) is 2.82. The number of Topliss-reactive ketones (excluding diaryl/α,β-unsaturated/α-hetero) is 1. The molecule has 2 aromatic carbocycles. The van der Waals surface area contributed by atoms with E-state index in [1.807, 2.05) is 47.0 Å². The molecule has 0 spiro atoms. The van der Waals surface area contributed by atoms with Gasteiger partial charge in [-0.15, -0.1) is 0 Å². The summed E-state index contributed by atoms with van der Waals surface area (Å²) < 4.78 is 3.01. The molecule has 0 saturated carbocycles. The molecular weight excluding hydrogens is 304 g/mol. The van der Waals surface area contributed by atoms with E-state index in [0.29, 0.717) is 5.56 Å². The number of halogens is 1. The number of hydrogen-bond donors (Lipinski definition) is 0. The average molecular weight is 315 g/mol. The molecule has 0 amide bonds. The molecule has 0 aliphatic heterocycles. The Balaban J connectivity index is 2.22. The van der Waals surface area contributed by atoms with Gasteiger partial charge in [0.15, 0.2) is 5.78 Å². The zero-order chi connectivity index (χ0) is 13.4. The lowest BCUT2D eigenvalue weighted by molar-refractivity contribution is 0.101. The molecule has 3 aromatic rings. The number of hydrogen-bond acceptors (Lipinski definition) is 2. The van der Waals surface area contributed by atoms with Crippen LogP contribution in [0.3, 0.4) is 0 Å². The Morgan fingerprint density at radius 3 is 2.74 bits per heavy atom. The lowest BCUT2D eigenvalue weighted by Crippen LogP contribution is -1.94. The topological polar surface area (TPSA) is 34.9 Å². The highest BCUT2D eigenvalue weighted by molar-refractivity contribution is 9.10. The largest absolute Gasteiger partial charge is 0.298 e. The first kappa shape index (κ1) is 12.1. The molecule has 0 radical (unpaired) electrons. The molecule has 0 fully saturated rings. The Bertz CT molecular complexity index is 777. The van der Waals surface area contributed by atoms with E-state index in [-0.39, 0.29) is 5.78 Å². The number of rotatable bonds is 2. The van der Waals surface area contributed by atoms with E-state index in [1.165, 1.54) is 0 Å². The van der Waals surface area contributed by atoms with Crippen molar-refractivity contribution in [3.05, 3.63) is 58.8 Å². The Morgan fingerprint density at radius 2 is 2.00 bits per heavy atom. The molecule has 94 valence electrons. The van der Waals surface area contributed by atoms with Crippen molar-refractivity contribution in [3.63, 3.8) is 0 Å². The summed E-state index contributed by atoms with van der Waals surface area (Å²) in [7, 11) is 0. The maximum atomic E-state index is 11.4. The van der Waals surface area contributed by atoms with Crippen LogP contribution in [-0.4, -0.2) is 15.3 Å². The number of para-hydroxylation sites is 1. The number of imidazole rings is 1. The lowest BCUT2D eigenvalue weighted by Gasteiger charge is -2.06. The van der Waals surface area contributed by atoms with Gasteiger partial charge >= 0.3 is 0 Å². The third-order valence-electron chi connectivity index (χ3n) is 3.07. The summed E-state index contributed by atoms with van der Waals surface area (Å²) in [5.74, 6) is 0.0531. The van der Waals surface area contributed by atoms with E-state index >= 15 is 0 Å². The zero-order valence-corrected chi connectivity index (χ0v) is 11.9. The van der Waals surface area contributed by atoms with Gasteiger partial charge in [0.1, 0.15) is 6.33 Å². The van der Waals surface area contributed by atoms with Crippen LogP contribution in [0.2, 0.25) is 0 Å². The van der Waals surface area contributed by atoms with Gasteiger partial charge in [-0.2, -0.15) is 0 Å². The molecule has 0 unspecified atom stereocenters. The predicted molar refractivity (Wildman–Crippen MR) is 78.8 cm³/mol. The summed E-state index contributed by atoms with van der Waals surface area (Å²) in [6.45, 7) is 1.56. The summed E-state index contributed by atoms with van der Waals surface area (Å²) in [6, 6.07) is 13.6. The fourth-order valence-corrected chi connectivity index (χ4v) is 2.55. The van der Waals surface area contributed by atoms with Gasteiger partial charge in [-0.25, -0.2) is 4.98 Å². The summed E-state index contributed by atoms with van der Waals surface area (Å²) in [5, 5.41) is 0. The Hall–Kier alpha value is -1.94. The van der Waals surface area contributed by atoms with Crippen molar-refractivity contribution in [1.82, 2.24) is 9.55 Å². The number of carbonyl (C=O) groups excluding carboxylic acids is 1. The van der Waals surface area contributed by atoms with Crippen molar-refractivity contribution in [2.24, 2.45) is 0 Å². The minimum atomic E-state index is 0.0531. The van der Waals surface area contributed by atoms with E-state index in [9.17, 15) is 4.79 Å². The third kappa shape index (κ3) is 2.08. The van der Waals surface area contributed by atoms with E-state index < -0.39 is 0 Å². The van der Waals surface area contributed by atoms with Gasteiger partial charge in [0, 0.05) is 10.0 Å². The van der Waals surface area contributed by atoms with E-state index in [1.54, 1.807) is 13.3 Å². The number of nitrogens with zero attached hydrogens (tertiary/aromatic N) is 2. The van der Waals surface area contributed by atoms with Gasteiger partial charge < -0.3 is 0 Å². The van der Waals surface area contributed by atoms with Gasteiger partial charge in [0.05, 0.1) is 16.7 Å². The molecular formula is C15H11BrN2O. The number of aromatic nitrogens is 2. The van der Waals surface area contributed by atoms with Gasteiger partial charge in [0.25, 0.3) is 0 Å². The van der Waals surface area contributed by atoms with Gasteiger partial charge in [-0.1, -0.05) is 12.1 Å². The molecule has 1 heterocycles.